The van der Waals surface area contributed by atoms with Crippen LogP contribution in [0.2, 0.25) is 0 Å². The molecule has 3 heteroatoms. The summed E-state index contributed by atoms with van der Waals surface area (Å²) < 4.78 is 0. The first kappa shape index (κ1) is 9.22. The third-order valence-corrected chi connectivity index (χ3v) is 1.97. The second kappa shape index (κ2) is 4.25. The van der Waals surface area contributed by atoms with Crippen molar-refractivity contribution in [2.24, 2.45) is 0 Å². The molecule has 0 fully saturated rings. The van der Waals surface area contributed by atoms with Gasteiger partial charge in [0.2, 0.25) is 0 Å². The van der Waals surface area contributed by atoms with Crippen molar-refractivity contribution in [2.45, 2.75) is 0 Å². The van der Waals surface area contributed by atoms with E-state index in [1.54, 1.807) is 6.20 Å². The smallest absolute Gasteiger partial charge is 0.193 e. The molecule has 2 rings (SSSR count). The summed E-state index contributed by atoms with van der Waals surface area (Å²) in [7, 11) is 0. The van der Waals surface area contributed by atoms with Gasteiger partial charge in [-0.3, -0.25) is 9.89 Å². The molecular weight excluding hydrogens is 188 g/mol. The number of rotatable bonds is 1. The summed E-state index contributed by atoms with van der Waals surface area (Å²) in [6.45, 7) is 0. The molecule has 1 heterocycles. The first-order valence-corrected chi connectivity index (χ1v) is 4.45. The molecule has 3 nitrogen and oxygen atoms in total. The fourth-order valence-corrected chi connectivity index (χ4v) is 1.26. The third kappa shape index (κ3) is 2.12. The SMILES string of the molecule is O=CC#Cc1ccc(-c2ccn[nH]2)cc1. The molecular formula is C12H8N2O. The number of carbonyl (C=O) groups is 1. The van der Waals surface area contributed by atoms with Gasteiger partial charge in [0.15, 0.2) is 6.29 Å². The summed E-state index contributed by atoms with van der Waals surface area (Å²) >= 11 is 0. The Morgan fingerprint density at radius 2 is 2.00 bits per heavy atom. The zero-order chi connectivity index (χ0) is 10.5. The fraction of sp³-hybridized carbons (Fsp3) is 0. The maximum atomic E-state index is 10.0. The van der Waals surface area contributed by atoms with Crippen LogP contribution in [-0.2, 0) is 4.79 Å². The Hall–Kier alpha value is -2.34. The lowest BCUT2D eigenvalue weighted by atomic mass is 10.1. The molecule has 0 bridgehead atoms. The van der Waals surface area contributed by atoms with Gasteiger partial charge in [0.05, 0.1) is 5.69 Å². The van der Waals surface area contributed by atoms with E-state index in [1.807, 2.05) is 30.3 Å². The average molecular weight is 196 g/mol. The van der Waals surface area contributed by atoms with Crippen LogP contribution in [0.3, 0.4) is 0 Å². The van der Waals surface area contributed by atoms with E-state index in [9.17, 15) is 4.79 Å². The van der Waals surface area contributed by atoms with Gasteiger partial charge < -0.3 is 0 Å². The van der Waals surface area contributed by atoms with E-state index in [1.165, 1.54) is 0 Å². The fourth-order valence-electron chi connectivity index (χ4n) is 1.26. The van der Waals surface area contributed by atoms with Crippen molar-refractivity contribution in [1.82, 2.24) is 10.2 Å². The summed E-state index contributed by atoms with van der Waals surface area (Å²) in [4.78, 5) is 10.0. The molecule has 15 heavy (non-hydrogen) atoms. The van der Waals surface area contributed by atoms with Crippen molar-refractivity contribution in [3.8, 4) is 23.1 Å². The van der Waals surface area contributed by atoms with E-state index in [2.05, 4.69) is 22.0 Å². The zero-order valence-corrected chi connectivity index (χ0v) is 7.90. The van der Waals surface area contributed by atoms with Crippen LogP contribution in [0.1, 0.15) is 5.56 Å². The molecule has 0 atom stereocenters. The van der Waals surface area contributed by atoms with Gasteiger partial charge in [-0.15, -0.1) is 0 Å². The molecule has 0 aliphatic rings. The Labute approximate surface area is 87.1 Å². The number of nitrogens with one attached hydrogen (secondary N) is 1. The minimum absolute atomic E-state index is 0.586. The minimum Gasteiger partial charge on any atom is -0.289 e. The van der Waals surface area contributed by atoms with Crippen molar-refractivity contribution in [3.05, 3.63) is 42.1 Å². The van der Waals surface area contributed by atoms with Crippen molar-refractivity contribution >= 4 is 6.29 Å². The molecule has 0 saturated carbocycles. The predicted octanol–water partition coefficient (Wildman–Crippen LogP) is 1.63. The van der Waals surface area contributed by atoms with Gasteiger partial charge in [-0.05, 0) is 29.7 Å². The normalized spacial score (nSPS) is 9.07. The maximum Gasteiger partial charge on any atom is 0.193 e. The molecule has 0 saturated heterocycles. The standard InChI is InChI=1S/C12H8N2O/c15-9-1-2-10-3-5-11(6-4-10)12-7-8-13-14-12/h3-9H,(H,13,14). The van der Waals surface area contributed by atoms with E-state index < -0.39 is 0 Å². The number of H-pyrrole nitrogens is 1. The van der Waals surface area contributed by atoms with Crippen molar-refractivity contribution in [2.75, 3.05) is 0 Å². The van der Waals surface area contributed by atoms with Crippen LogP contribution >= 0.6 is 0 Å². The van der Waals surface area contributed by atoms with Gasteiger partial charge in [-0.1, -0.05) is 18.1 Å². The van der Waals surface area contributed by atoms with Crippen LogP contribution in [0, 0.1) is 11.8 Å². The highest BCUT2D eigenvalue weighted by Gasteiger charge is 1.96. The molecule has 72 valence electrons. The van der Waals surface area contributed by atoms with Gasteiger partial charge in [0, 0.05) is 11.8 Å². The van der Waals surface area contributed by atoms with Gasteiger partial charge >= 0.3 is 0 Å². The summed E-state index contributed by atoms with van der Waals surface area (Å²) in [5, 5.41) is 6.75. The molecule has 1 aromatic heterocycles. The lowest BCUT2D eigenvalue weighted by Crippen LogP contribution is -1.79. The average Bonchev–Trinajstić information content (AvgIpc) is 2.80. The molecule has 1 N–H and O–H groups in total. The molecule has 0 spiro atoms. The van der Waals surface area contributed by atoms with Crippen molar-refractivity contribution in [1.29, 1.82) is 0 Å². The second-order valence-electron chi connectivity index (χ2n) is 2.93. The number of hydrogen-bond acceptors (Lipinski definition) is 2. The highest BCUT2D eigenvalue weighted by Crippen LogP contribution is 2.15. The van der Waals surface area contributed by atoms with Crippen molar-refractivity contribution < 1.29 is 4.79 Å². The molecule has 0 unspecified atom stereocenters. The van der Waals surface area contributed by atoms with Crippen LogP contribution in [0.5, 0.6) is 0 Å². The largest absolute Gasteiger partial charge is 0.289 e. The molecule has 1 aromatic carbocycles. The summed E-state index contributed by atoms with van der Waals surface area (Å²) in [6.07, 6.45) is 2.29. The Balaban J connectivity index is 2.28. The van der Waals surface area contributed by atoms with E-state index in [0.717, 1.165) is 16.8 Å². The number of aromatic nitrogens is 2. The topological polar surface area (TPSA) is 45.8 Å². The van der Waals surface area contributed by atoms with Crippen LogP contribution in [0.25, 0.3) is 11.3 Å². The Morgan fingerprint density at radius 1 is 1.20 bits per heavy atom. The van der Waals surface area contributed by atoms with E-state index in [0.29, 0.717) is 6.29 Å². The number of aldehydes is 1. The summed E-state index contributed by atoms with van der Waals surface area (Å²) in [5.41, 5.74) is 2.83. The lowest BCUT2D eigenvalue weighted by Gasteiger charge is -1.96. The van der Waals surface area contributed by atoms with Crippen LogP contribution < -0.4 is 0 Å². The van der Waals surface area contributed by atoms with Gasteiger partial charge in [-0.25, -0.2) is 0 Å². The number of nitrogens with zero attached hydrogens (tertiary/aromatic N) is 1. The zero-order valence-electron chi connectivity index (χ0n) is 7.90. The minimum atomic E-state index is 0.586. The van der Waals surface area contributed by atoms with E-state index in [-0.39, 0.29) is 0 Å². The number of carbonyl (C=O) groups excluding carboxylic acids is 1. The third-order valence-electron chi connectivity index (χ3n) is 1.97. The van der Waals surface area contributed by atoms with E-state index >= 15 is 0 Å². The highest BCUT2D eigenvalue weighted by molar-refractivity contribution is 5.74. The Kier molecular flexibility index (Phi) is 2.61. The quantitative estimate of drug-likeness (QED) is 0.556. The molecule has 0 radical (unpaired) electrons. The van der Waals surface area contributed by atoms with Crippen molar-refractivity contribution in [3.63, 3.8) is 0 Å². The summed E-state index contributed by atoms with van der Waals surface area (Å²) in [6, 6.07) is 9.50. The number of benzene rings is 1. The van der Waals surface area contributed by atoms with E-state index in [4.69, 9.17) is 0 Å². The van der Waals surface area contributed by atoms with Gasteiger partial charge in [0.1, 0.15) is 0 Å². The van der Waals surface area contributed by atoms with Gasteiger partial charge in [-0.2, -0.15) is 5.10 Å². The molecule has 0 aliphatic carbocycles. The maximum absolute atomic E-state index is 10.0. The Bertz CT molecular complexity index is 501. The van der Waals surface area contributed by atoms with Crippen LogP contribution in [0.4, 0.5) is 0 Å². The number of hydrogen-bond donors (Lipinski definition) is 1. The molecule has 0 aliphatic heterocycles. The van der Waals surface area contributed by atoms with Crippen LogP contribution in [-0.4, -0.2) is 16.5 Å². The van der Waals surface area contributed by atoms with Crippen LogP contribution in [0.15, 0.2) is 36.5 Å². The summed E-state index contributed by atoms with van der Waals surface area (Å²) in [5.74, 6) is 5.09. The first-order valence-electron chi connectivity index (χ1n) is 4.45. The van der Waals surface area contributed by atoms with Gasteiger partial charge in [0.25, 0.3) is 0 Å². The second-order valence-corrected chi connectivity index (χ2v) is 2.93. The highest BCUT2D eigenvalue weighted by atomic mass is 16.1. The Morgan fingerprint density at radius 3 is 2.60 bits per heavy atom. The molecule has 0 amide bonds. The number of aromatic amines is 1. The predicted molar refractivity (Wildman–Crippen MR) is 57.0 cm³/mol. The monoisotopic (exact) mass is 196 g/mol. The first-order chi connectivity index (χ1) is 7.40. The molecule has 2 aromatic rings. The lowest BCUT2D eigenvalue weighted by molar-refractivity contribution is -0.103.